The summed E-state index contributed by atoms with van der Waals surface area (Å²) >= 11 is 3.15. The normalized spacial score (nSPS) is 21.9. The van der Waals surface area contributed by atoms with Gasteiger partial charge in [0, 0.05) is 11.3 Å². The third-order valence-corrected chi connectivity index (χ3v) is 7.35. The Morgan fingerprint density at radius 2 is 2.05 bits per heavy atom. The fourth-order valence-electron chi connectivity index (χ4n) is 2.06. The molecule has 2 N–H and O–H groups in total. The molecular weight excluding hydrogens is 312 g/mol. The molecule has 0 spiro atoms. The van der Waals surface area contributed by atoms with Crippen molar-refractivity contribution in [3.63, 3.8) is 0 Å². The maximum atomic E-state index is 11.8. The van der Waals surface area contributed by atoms with Crippen LogP contribution in [-0.4, -0.2) is 27.3 Å². The lowest BCUT2D eigenvalue weighted by atomic mass is 10.1. The van der Waals surface area contributed by atoms with Crippen LogP contribution in [0.25, 0.3) is 0 Å². The van der Waals surface area contributed by atoms with E-state index in [0.717, 1.165) is 22.7 Å². The lowest BCUT2D eigenvalue weighted by Gasteiger charge is -2.27. The summed E-state index contributed by atoms with van der Waals surface area (Å²) in [6.45, 7) is 9.15. The Balaban J connectivity index is 0.000000956. The van der Waals surface area contributed by atoms with Crippen LogP contribution in [0.15, 0.2) is 14.5 Å². The number of fused-ring (bicyclic) bond motifs is 1. The molecule has 0 radical (unpaired) electrons. The third kappa shape index (κ3) is 3.98. The zero-order chi connectivity index (χ0) is 15.3. The van der Waals surface area contributed by atoms with Gasteiger partial charge in [-0.3, -0.25) is 0 Å². The first kappa shape index (κ1) is 18.0. The van der Waals surface area contributed by atoms with Crippen LogP contribution >= 0.6 is 23.1 Å². The quantitative estimate of drug-likeness (QED) is 0.886. The van der Waals surface area contributed by atoms with Crippen molar-refractivity contribution in [3.05, 3.63) is 11.6 Å². The van der Waals surface area contributed by atoms with Crippen molar-refractivity contribution >= 4 is 33.1 Å². The van der Waals surface area contributed by atoms with Crippen LogP contribution < -0.4 is 10.0 Å². The van der Waals surface area contributed by atoms with Crippen LogP contribution in [0.5, 0.6) is 0 Å². The van der Waals surface area contributed by atoms with Crippen molar-refractivity contribution in [2.45, 2.75) is 53.8 Å². The SMILES string of the molecule is CC.CCN[C@H]1CC(C)Sc2sc(S(=O)(=O)NC)cc21. The molecule has 1 aliphatic rings. The van der Waals surface area contributed by atoms with E-state index in [-0.39, 0.29) is 6.04 Å². The van der Waals surface area contributed by atoms with Crippen molar-refractivity contribution < 1.29 is 8.42 Å². The molecule has 20 heavy (non-hydrogen) atoms. The summed E-state index contributed by atoms with van der Waals surface area (Å²) in [5, 5.41) is 3.95. The number of hydrogen-bond acceptors (Lipinski definition) is 5. The molecule has 0 aromatic carbocycles. The van der Waals surface area contributed by atoms with E-state index >= 15 is 0 Å². The molecule has 116 valence electrons. The van der Waals surface area contributed by atoms with E-state index in [2.05, 4.69) is 23.9 Å². The minimum Gasteiger partial charge on any atom is -0.310 e. The molecule has 0 saturated heterocycles. The van der Waals surface area contributed by atoms with Crippen LogP contribution in [0.2, 0.25) is 0 Å². The molecule has 0 saturated carbocycles. The Labute approximate surface area is 130 Å². The van der Waals surface area contributed by atoms with E-state index in [1.165, 1.54) is 18.4 Å². The highest BCUT2D eigenvalue weighted by atomic mass is 32.3. The number of thiophene rings is 1. The second-order valence-electron chi connectivity index (χ2n) is 4.29. The first-order chi connectivity index (χ1) is 9.47. The maximum Gasteiger partial charge on any atom is 0.249 e. The topological polar surface area (TPSA) is 58.2 Å². The van der Waals surface area contributed by atoms with Crippen LogP contribution in [-0.2, 0) is 10.0 Å². The van der Waals surface area contributed by atoms with E-state index < -0.39 is 10.0 Å². The van der Waals surface area contributed by atoms with Gasteiger partial charge in [0.25, 0.3) is 0 Å². The van der Waals surface area contributed by atoms with E-state index in [4.69, 9.17) is 0 Å². The van der Waals surface area contributed by atoms with Crippen molar-refractivity contribution in [2.24, 2.45) is 0 Å². The zero-order valence-corrected chi connectivity index (χ0v) is 15.1. The molecule has 1 aromatic heterocycles. The molecule has 0 amide bonds. The zero-order valence-electron chi connectivity index (χ0n) is 12.7. The van der Waals surface area contributed by atoms with Gasteiger partial charge in [-0.1, -0.05) is 27.7 Å². The minimum atomic E-state index is -3.32. The Kier molecular flexibility index (Phi) is 7.00. The maximum absolute atomic E-state index is 11.8. The Morgan fingerprint density at radius 1 is 1.40 bits per heavy atom. The van der Waals surface area contributed by atoms with E-state index in [1.807, 2.05) is 19.9 Å². The molecule has 2 heterocycles. The number of thioether (sulfide) groups is 1. The van der Waals surface area contributed by atoms with Gasteiger partial charge in [-0.15, -0.1) is 23.1 Å². The molecule has 0 aliphatic carbocycles. The highest BCUT2D eigenvalue weighted by molar-refractivity contribution is 8.02. The lowest BCUT2D eigenvalue weighted by Crippen LogP contribution is -2.26. The van der Waals surface area contributed by atoms with Gasteiger partial charge in [0.15, 0.2) is 0 Å². The second-order valence-corrected chi connectivity index (χ2v) is 9.16. The first-order valence-corrected chi connectivity index (χ1v) is 10.1. The molecule has 2 rings (SSSR count). The lowest BCUT2D eigenvalue weighted by molar-refractivity contribution is 0.503. The Bertz CT molecular complexity index is 526. The van der Waals surface area contributed by atoms with Crippen LogP contribution in [0.3, 0.4) is 0 Å². The molecular formula is C13H24N2O2S3. The third-order valence-electron chi connectivity index (χ3n) is 2.94. The standard InChI is InChI=1S/C11H18N2O2S3.C2H6/c1-4-13-9-5-7(2)16-11-8(9)6-10(17-11)18(14,15)12-3;1-2/h6-7,9,12-13H,4-5H2,1-3H3;1-2H3/t7?,9-;/m0./s1. The van der Waals surface area contributed by atoms with E-state index in [1.54, 1.807) is 11.8 Å². The fourth-order valence-corrected chi connectivity index (χ4v) is 6.28. The van der Waals surface area contributed by atoms with Gasteiger partial charge in [0.05, 0.1) is 4.21 Å². The molecule has 1 aliphatic heterocycles. The Morgan fingerprint density at radius 3 is 2.60 bits per heavy atom. The first-order valence-electron chi connectivity index (χ1n) is 6.95. The fraction of sp³-hybridized carbons (Fsp3) is 0.692. The van der Waals surface area contributed by atoms with Crippen molar-refractivity contribution in [1.82, 2.24) is 10.0 Å². The smallest absolute Gasteiger partial charge is 0.249 e. The number of nitrogens with one attached hydrogen (secondary N) is 2. The summed E-state index contributed by atoms with van der Waals surface area (Å²) in [5.41, 5.74) is 1.14. The number of sulfonamides is 1. The molecule has 7 heteroatoms. The van der Waals surface area contributed by atoms with Crippen LogP contribution in [0.4, 0.5) is 0 Å². The summed E-state index contributed by atoms with van der Waals surface area (Å²) in [7, 11) is -1.87. The minimum absolute atomic E-state index is 0.276. The monoisotopic (exact) mass is 336 g/mol. The van der Waals surface area contributed by atoms with Crippen molar-refractivity contribution in [3.8, 4) is 0 Å². The van der Waals surface area contributed by atoms with Crippen molar-refractivity contribution in [1.29, 1.82) is 0 Å². The van der Waals surface area contributed by atoms with Crippen LogP contribution in [0, 0.1) is 0 Å². The van der Waals surface area contributed by atoms with Crippen LogP contribution in [0.1, 0.15) is 45.7 Å². The van der Waals surface area contributed by atoms with E-state index in [0.29, 0.717) is 9.46 Å². The van der Waals surface area contributed by atoms with Gasteiger partial charge >= 0.3 is 0 Å². The highest BCUT2D eigenvalue weighted by Gasteiger charge is 2.29. The summed E-state index contributed by atoms with van der Waals surface area (Å²) < 4.78 is 27.6. The van der Waals surface area contributed by atoms with Gasteiger partial charge in [0.1, 0.15) is 4.21 Å². The molecule has 4 nitrogen and oxygen atoms in total. The largest absolute Gasteiger partial charge is 0.310 e. The van der Waals surface area contributed by atoms with Gasteiger partial charge in [-0.2, -0.15) is 0 Å². The van der Waals surface area contributed by atoms with Gasteiger partial charge in [-0.25, -0.2) is 13.1 Å². The van der Waals surface area contributed by atoms with Gasteiger partial charge in [-0.05, 0) is 31.6 Å². The van der Waals surface area contributed by atoms with Gasteiger partial charge in [0.2, 0.25) is 10.0 Å². The predicted molar refractivity (Wildman–Crippen MR) is 88.3 cm³/mol. The molecule has 1 aromatic rings. The summed E-state index contributed by atoms with van der Waals surface area (Å²) in [6.07, 6.45) is 1.04. The summed E-state index contributed by atoms with van der Waals surface area (Å²) in [6, 6.07) is 2.09. The number of hydrogen-bond donors (Lipinski definition) is 2. The average Bonchev–Trinajstić information content (AvgIpc) is 2.86. The molecule has 2 atom stereocenters. The second kappa shape index (κ2) is 7.79. The summed E-state index contributed by atoms with van der Waals surface area (Å²) in [5.74, 6) is 0. The predicted octanol–water partition coefficient (Wildman–Crippen LogP) is 3.22. The van der Waals surface area contributed by atoms with E-state index in [9.17, 15) is 8.42 Å². The molecule has 1 unspecified atom stereocenters. The van der Waals surface area contributed by atoms with Gasteiger partial charge < -0.3 is 5.32 Å². The Hall–Kier alpha value is -0.0800. The number of rotatable bonds is 4. The molecule has 0 bridgehead atoms. The van der Waals surface area contributed by atoms with Crippen molar-refractivity contribution in [2.75, 3.05) is 13.6 Å². The molecule has 0 fully saturated rings. The highest BCUT2D eigenvalue weighted by Crippen LogP contribution is 2.46. The summed E-state index contributed by atoms with van der Waals surface area (Å²) in [4.78, 5) is 0. The average molecular weight is 337 g/mol.